The Labute approximate surface area is 127 Å². The molecule has 0 aliphatic heterocycles. The van der Waals surface area contributed by atoms with Crippen LogP contribution in [0.3, 0.4) is 0 Å². The first-order chi connectivity index (χ1) is 10.2. The molecule has 4 heteroatoms. The van der Waals surface area contributed by atoms with Gasteiger partial charge in [-0.2, -0.15) is 5.10 Å². The molecule has 2 aromatic rings. The van der Waals surface area contributed by atoms with Crippen molar-refractivity contribution in [3.05, 3.63) is 47.8 Å². The van der Waals surface area contributed by atoms with E-state index < -0.39 is 0 Å². The summed E-state index contributed by atoms with van der Waals surface area (Å²) in [6, 6.07) is 10.8. The van der Waals surface area contributed by atoms with Gasteiger partial charge in [-0.15, -0.1) is 0 Å². The Balaban J connectivity index is 2.43. The molecular formula is C17H25N3O. The van der Waals surface area contributed by atoms with Gasteiger partial charge in [-0.05, 0) is 18.5 Å². The molecule has 21 heavy (non-hydrogen) atoms. The van der Waals surface area contributed by atoms with Crippen LogP contribution in [0.25, 0.3) is 0 Å². The van der Waals surface area contributed by atoms with Crippen LogP contribution in [-0.4, -0.2) is 23.4 Å². The highest BCUT2D eigenvalue weighted by Gasteiger charge is 2.28. The van der Waals surface area contributed by atoms with Crippen LogP contribution in [-0.2, 0) is 7.05 Å². The Bertz CT molecular complexity index is 550. The van der Waals surface area contributed by atoms with Crippen LogP contribution >= 0.6 is 0 Å². The van der Waals surface area contributed by atoms with Crippen molar-refractivity contribution in [1.82, 2.24) is 15.1 Å². The first-order valence-electron chi connectivity index (χ1n) is 7.57. The summed E-state index contributed by atoms with van der Waals surface area (Å²) in [5, 5.41) is 7.96. The summed E-state index contributed by atoms with van der Waals surface area (Å²) in [5.74, 6) is 1.23. The van der Waals surface area contributed by atoms with E-state index in [4.69, 9.17) is 4.74 Å². The van der Waals surface area contributed by atoms with Crippen molar-refractivity contribution >= 4 is 0 Å². The topological polar surface area (TPSA) is 39.1 Å². The Morgan fingerprint density at radius 1 is 1.24 bits per heavy atom. The summed E-state index contributed by atoms with van der Waals surface area (Å²) in [4.78, 5) is 0. The second-order valence-corrected chi connectivity index (χ2v) is 5.18. The number of ether oxygens (including phenoxy) is 1. The van der Waals surface area contributed by atoms with E-state index in [9.17, 15) is 0 Å². The Kier molecular flexibility index (Phi) is 5.39. The van der Waals surface area contributed by atoms with Crippen molar-refractivity contribution in [2.75, 3.05) is 13.7 Å². The zero-order valence-corrected chi connectivity index (χ0v) is 13.3. The van der Waals surface area contributed by atoms with E-state index in [1.165, 1.54) is 5.56 Å². The van der Waals surface area contributed by atoms with Gasteiger partial charge in [0.2, 0.25) is 0 Å². The smallest absolute Gasteiger partial charge is 0.161 e. The molecular weight excluding hydrogens is 262 g/mol. The molecule has 0 aliphatic carbocycles. The number of nitrogens with zero attached hydrogens (tertiary/aromatic N) is 2. The van der Waals surface area contributed by atoms with Crippen LogP contribution < -0.4 is 10.1 Å². The second kappa shape index (κ2) is 7.27. The first kappa shape index (κ1) is 15.6. The van der Waals surface area contributed by atoms with Crippen LogP contribution in [0.4, 0.5) is 0 Å². The van der Waals surface area contributed by atoms with Crippen molar-refractivity contribution in [3.63, 3.8) is 0 Å². The summed E-state index contributed by atoms with van der Waals surface area (Å²) >= 11 is 0. The number of nitrogens with one attached hydrogen (secondary N) is 1. The molecule has 1 N–H and O–H groups in total. The van der Waals surface area contributed by atoms with Crippen molar-refractivity contribution in [3.8, 4) is 5.75 Å². The van der Waals surface area contributed by atoms with Gasteiger partial charge in [-0.1, -0.05) is 44.2 Å². The van der Waals surface area contributed by atoms with Crippen LogP contribution in [0.5, 0.6) is 5.75 Å². The Morgan fingerprint density at radius 2 is 1.95 bits per heavy atom. The summed E-state index contributed by atoms with van der Waals surface area (Å²) in [7, 11) is 3.67. The quantitative estimate of drug-likeness (QED) is 0.849. The van der Waals surface area contributed by atoms with Gasteiger partial charge in [0.25, 0.3) is 0 Å². The molecule has 0 amide bonds. The molecule has 0 radical (unpaired) electrons. The molecule has 4 nitrogen and oxygen atoms in total. The molecule has 0 saturated heterocycles. The fraction of sp³-hybridized carbons (Fsp3) is 0.471. The van der Waals surface area contributed by atoms with Gasteiger partial charge >= 0.3 is 0 Å². The SMILES string of the molecule is CCNC(c1c(OC)cnn1C)C(CC)c1ccccc1. The minimum absolute atomic E-state index is 0.185. The van der Waals surface area contributed by atoms with Crippen LogP contribution in [0.1, 0.15) is 43.5 Å². The van der Waals surface area contributed by atoms with Crippen molar-refractivity contribution in [2.45, 2.75) is 32.2 Å². The van der Waals surface area contributed by atoms with Gasteiger partial charge in [0.05, 0.1) is 25.0 Å². The third kappa shape index (κ3) is 3.27. The van der Waals surface area contributed by atoms with E-state index in [2.05, 4.69) is 54.6 Å². The molecule has 0 fully saturated rings. The molecule has 0 aliphatic rings. The molecule has 2 unspecified atom stereocenters. The number of hydrogen-bond acceptors (Lipinski definition) is 3. The van der Waals surface area contributed by atoms with Crippen LogP contribution in [0.15, 0.2) is 36.5 Å². The van der Waals surface area contributed by atoms with Crippen molar-refractivity contribution in [1.29, 1.82) is 0 Å². The molecule has 114 valence electrons. The number of benzene rings is 1. The predicted molar refractivity (Wildman–Crippen MR) is 85.7 cm³/mol. The van der Waals surface area contributed by atoms with Gasteiger partial charge < -0.3 is 10.1 Å². The third-order valence-electron chi connectivity index (χ3n) is 3.96. The van der Waals surface area contributed by atoms with Gasteiger partial charge in [0, 0.05) is 13.0 Å². The number of rotatable bonds is 7. The third-order valence-corrected chi connectivity index (χ3v) is 3.96. The lowest BCUT2D eigenvalue weighted by molar-refractivity contribution is 0.373. The fourth-order valence-corrected chi connectivity index (χ4v) is 2.95. The monoisotopic (exact) mass is 287 g/mol. The summed E-state index contributed by atoms with van der Waals surface area (Å²) in [6.45, 7) is 5.26. The number of methoxy groups -OCH3 is 1. The summed E-state index contributed by atoms with van der Waals surface area (Å²) < 4.78 is 7.42. The van der Waals surface area contributed by atoms with Crippen molar-refractivity contribution < 1.29 is 4.74 Å². The van der Waals surface area contributed by atoms with Gasteiger partial charge in [-0.3, -0.25) is 4.68 Å². The van der Waals surface area contributed by atoms with Crippen molar-refractivity contribution in [2.24, 2.45) is 7.05 Å². The highest BCUT2D eigenvalue weighted by atomic mass is 16.5. The molecule has 1 aromatic heterocycles. The molecule has 2 rings (SSSR count). The lowest BCUT2D eigenvalue weighted by Crippen LogP contribution is -2.29. The minimum Gasteiger partial charge on any atom is -0.493 e. The summed E-state index contributed by atoms with van der Waals surface area (Å²) in [5.41, 5.74) is 2.45. The van der Waals surface area contributed by atoms with Crippen LogP contribution in [0, 0.1) is 0 Å². The lowest BCUT2D eigenvalue weighted by Gasteiger charge is -2.28. The average molecular weight is 287 g/mol. The van der Waals surface area contributed by atoms with E-state index in [-0.39, 0.29) is 6.04 Å². The summed E-state index contributed by atoms with van der Waals surface area (Å²) in [6.07, 6.45) is 2.84. The number of aryl methyl sites for hydroxylation is 1. The molecule has 0 spiro atoms. The molecule has 2 atom stereocenters. The predicted octanol–water partition coefficient (Wildman–Crippen LogP) is 3.27. The maximum atomic E-state index is 5.50. The second-order valence-electron chi connectivity index (χ2n) is 5.18. The normalized spacial score (nSPS) is 13.9. The first-order valence-corrected chi connectivity index (χ1v) is 7.57. The van der Waals surface area contributed by atoms with E-state index >= 15 is 0 Å². The highest BCUT2D eigenvalue weighted by molar-refractivity contribution is 5.33. The largest absolute Gasteiger partial charge is 0.493 e. The maximum absolute atomic E-state index is 5.50. The molecule has 1 heterocycles. The number of likely N-dealkylation sites (N-methyl/N-ethyl adjacent to an activating group) is 1. The van der Waals surface area contributed by atoms with E-state index in [0.717, 1.165) is 24.4 Å². The standard InChI is InChI=1S/C17H25N3O/c1-5-14(13-10-8-7-9-11-13)16(18-6-2)17-15(21-4)12-19-20(17)3/h7-12,14,16,18H,5-6H2,1-4H3. The Hall–Kier alpha value is -1.81. The van der Waals surface area contributed by atoms with E-state index in [0.29, 0.717) is 5.92 Å². The fourth-order valence-electron chi connectivity index (χ4n) is 2.95. The minimum atomic E-state index is 0.185. The molecule has 0 saturated carbocycles. The lowest BCUT2D eigenvalue weighted by atomic mass is 9.87. The molecule has 1 aromatic carbocycles. The zero-order chi connectivity index (χ0) is 15.2. The highest BCUT2D eigenvalue weighted by Crippen LogP contribution is 2.37. The maximum Gasteiger partial charge on any atom is 0.161 e. The zero-order valence-electron chi connectivity index (χ0n) is 13.3. The van der Waals surface area contributed by atoms with E-state index in [1.54, 1.807) is 13.3 Å². The van der Waals surface area contributed by atoms with Gasteiger partial charge in [0.1, 0.15) is 0 Å². The van der Waals surface area contributed by atoms with Gasteiger partial charge in [0.15, 0.2) is 5.75 Å². The number of aromatic nitrogens is 2. The Morgan fingerprint density at radius 3 is 2.52 bits per heavy atom. The molecule has 0 bridgehead atoms. The number of hydrogen-bond donors (Lipinski definition) is 1. The van der Waals surface area contributed by atoms with E-state index in [1.807, 2.05) is 11.7 Å². The van der Waals surface area contributed by atoms with Gasteiger partial charge in [-0.25, -0.2) is 0 Å². The van der Waals surface area contributed by atoms with Crippen LogP contribution in [0.2, 0.25) is 0 Å². The average Bonchev–Trinajstić information content (AvgIpc) is 2.89.